The fourth-order valence-electron chi connectivity index (χ4n) is 3.43. The highest BCUT2D eigenvalue weighted by molar-refractivity contribution is 6.09. The van der Waals surface area contributed by atoms with Crippen LogP contribution >= 0.6 is 0 Å². The highest BCUT2D eigenvalue weighted by Gasteiger charge is 2.52. The second kappa shape index (κ2) is 6.42. The summed E-state index contributed by atoms with van der Waals surface area (Å²) in [4.78, 5) is 37.6. The number of hydrogen-bond donors (Lipinski definition) is 2. The van der Waals surface area contributed by atoms with E-state index in [2.05, 4.69) is 10.6 Å². The Bertz CT molecular complexity index is 732. The summed E-state index contributed by atoms with van der Waals surface area (Å²) in [5.74, 6) is -2.89. The van der Waals surface area contributed by atoms with Crippen LogP contribution in [0.2, 0.25) is 0 Å². The number of hydrogen-bond acceptors (Lipinski definition) is 3. The number of carbonyl (C=O) groups excluding carboxylic acids is 3. The van der Waals surface area contributed by atoms with Gasteiger partial charge in [-0.15, -0.1) is 0 Å². The molecule has 8 heteroatoms. The van der Waals surface area contributed by atoms with E-state index in [0.29, 0.717) is 18.4 Å². The lowest BCUT2D eigenvalue weighted by molar-refractivity contribution is -0.135. The standard InChI is InChI=1S/C17H19F2N3O3/c1-10(11-4-5-12(18)13(19)8-11)20-14(23)9-22-15(24)17(21-16(22)25)6-2-3-7-17/h4-5,8,10H,2-3,6-7,9H2,1H3,(H,20,23)(H,21,25). The van der Waals surface area contributed by atoms with Crippen molar-refractivity contribution in [2.45, 2.75) is 44.2 Å². The van der Waals surface area contributed by atoms with Gasteiger partial charge in [-0.1, -0.05) is 18.9 Å². The monoisotopic (exact) mass is 351 g/mol. The Morgan fingerprint density at radius 2 is 1.96 bits per heavy atom. The van der Waals surface area contributed by atoms with Crippen molar-refractivity contribution in [3.8, 4) is 0 Å². The van der Waals surface area contributed by atoms with E-state index in [0.717, 1.165) is 29.9 Å². The number of halogens is 2. The summed E-state index contributed by atoms with van der Waals surface area (Å²) in [7, 11) is 0. The lowest BCUT2D eigenvalue weighted by Gasteiger charge is -2.20. The van der Waals surface area contributed by atoms with Crippen LogP contribution in [0.5, 0.6) is 0 Å². The van der Waals surface area contributed by atoms with Gasteiger partial charge in [-0.3, -0.25) is 14.5 Å². The minimum absolute atomic E-state index is 0.370. The molecule has 1 saturated carbocycles. The number of benzene rings is 1. The van der Waals surface area contributed by atoms with Crippen LogP contribution in [-0.2, 0) is 9.59 Å². The van der Waals surface area contributed by atoms with Gasteiger partial charge in [-0.25, -0.2) is 13.6 Å². The number of urea groups is 1. The van der Waals surface area contributed by atoms with Crippen LogP contribution in [0.15, 0.2) is 18.2 Å². The van der Waals surface area contributed by atoms with Crippen molar-refractivity contribution in [2.24, 2.45) is 0 Å². The minimum atomic E-state index is -1.00. The molecule has 2 N–H and O–H groups in total. The number of nitrogens with zero attached hydrogens (tertiary/aromatic N) is 1. The average molecular weight is 351 g/mol. The number of carbonyl (C=O) groups is 3. The van der Waals surface area contributed by atoms with Crippen LogP contribution in [0.25, 0.3) is 0 Å². The molecule has 1 aromatic carbocycles. The highest BCUT2D eigenvalue weighted by atomic mass is 19.2. The number of nitrogens with one attached hydrogen (secondary N) is 2. The van der Waals surface area contributed by atoms with Crippen molar-refractivity contribution in [3.05, 3.63) is 35.4 Å². The molecule has 2 aliphatic rings. The average Bonchev–Trinajstić information content (AvgIpc) is 3.11. The van der Waals surface area contributed by atoms with E-state index < -0.39 is 41.7 Å². The van der Waals surface area contributed by atoms with E-state index in [1.54, 1.807) is 6.92 Å². The normalized spacial score (nSPS) is 20.0. The van der Waals surface area contributed by atoms with Crippen LogP contribution in [0.4, 0.5) is 13.6 Å². The van der Waals surface area contributed by atoms with Crippen molar-refractivity contribution in [1.29, 1.82) is 0 Å². The van der Waals surface area contributed by atoms with Gasteiger partial charge in [0.2, 0.25) is 5.91 Å². The predicted octanol–water partition coefficient (Wildman–Crippen LogP) is 2.01. The van der Waals surface area contributed by atoms with Gasteiger partial charge in [-0.05, 0) is 37.5 Å². The molecular weight excluding hydrogens is 332 g/mol. The zero-order chi connectivity index (χ0) is 18.2. The lowest BCUT2D eigenvalue weighted by Crippen LogP contribution is -2.45. The molecule has 6 nitrogen and oxygen atoms in total. The van der Waals surface area contributed by atoms with Gasteiger partial charge in [-0.2, -0.15) is 0 Å². The summed E-state index contributed by atoms with van der Waals surface area (Å²) in [6.45, 7) is 1.20. The van der Waals surface area contributed by atoms with E-state index in [4.69, 9.17) is 0 Å². The van der Waals surface area contributed by atoms with Gasteiger partial charge in [0.15, 0.2) is 11.6 Å². The first-order valence-corrected chi connectivity index (χ1v) is 8.21. The Morgan fingerprint density at radius 1 is 1.28 bits per heavy atom. The maximum atomic E-state index is 13.3. The fourth-order valence-corrected chi connectivity index (χ4v) is 3.43. The van der Waals surface area contributed by atoms with Crippen molar-refractivity contribution in [2.75, 3.05) is 6.54 Å². The Balaban J connectivity index is 1.63. The molecule has 1 atom stereocenters. The summed E-state index contributed by atoms with van der Waals surface area (Å²) in [5.41, 5.74) is -0.472. The number of imide groups is 1. The van der Waals surface area contributed by atoms with Gasteiger partial charge in [0, 0.05) is 0 Å². The van der Waals surface area contributed by atoms with E-state index in [1.165, 1.54) is 6.07 Å². The van der Waals surface area contributed by atoms with E-state index in [1.807, 2.05) is 0 Å². The molecule has 0 aromatic heterocycles. The lowest BCUT2D eigenvalue weighted by atomic mass is 9.98. The third-order valence-electron chi connectivity index (χ3n) is 4.83. The van der Waals surface area contributed by atoms with Gasteiger partial charge in [0.1, 0.15) is 12.1 Å². The van der Waals surface area contributed by atoms with E-state index in [-0.39, 0.29) is 5.91 Å². The second-order valence-corrected chi connectivity index (χ2v) is 6.57. The fraction of sp³-hybridized carbons (Fsp3) is 0.471. The number of amides is 4. The highest BCUT2D eigenvalue weighted by Crippen LogP contribution is 2.34. The third kappa shape index (κ3) is 3.20. The minimum Gasteiger partial charge on any atom is -0.348 e. The van der Waals surface area contributed by atoms with Crippen LogP contribution < -0.4 is 10.6 Å². The summed E-state index contributed by atoms with van der Waals surface area (Å²) < 4.78 is 26.3. The molecule has 0 bridgehead atoms. The van der Waals surface area contributed by atoms with Crippen molar-refractivity contribution < 1.29 is 23.2 Å². The maximum Gasteiger partial charge on any atom is 0.325 e. The topological polar surface area (TPSA) is 78.5 Å². The molecule has 1 unspecified atom stereocenters. The summed E-state index contributed by atoms with van der Waals surface area (Å²) in [6, 6.07) is 2.19. The molecule has 1 aliphatic heterocycles. The zero-order valence-electron chi connectivity index (χ0n) is 13.8. The van der Waals surface area contributed by atoms with Crippen LogP contribution in [-0.4, -0.2) is 34.8 Å². The smallest absolute Gasteiger partial charge is 0.325 e. The molecular formula is C17H19F2N3O3. The first-order valence-electron chi connectivity index (χ1n) is 8.21. The van der Waals surface area contributed by atoms with Gasteiger partial charge in [0.05, 0.1) is 6.04 Å². The molecule has 3 rings (SSSR count). The third-order valence-corrected chi connectivity index (χ3v) is 4.83. The zero-order valence-corrected chi connectivity index (χ0v) is 13.8. The second-order valence-electron chi connectivity index (χ2n) is 6.57. The first-order chi connectivity index (χ1) is 11.8. The van der Waals surface area contributed by atoms with Gasteiger partial charge in [0.25, 0.3) is 5.91 Å². The quantitative estimate of drug-likeness (QED) is 0.815. The van der Waals surface area contributed by atoms with E-state index >= 15 is 0 Å². The largest absolute Gasteiger partial charge is 0.348 e. The molecule has 1 spiro atoms. The molecule has 1 aromatic rings. The Kier molecular flexibility index (Phi) is 4.45. The Morgan fingerprint density at radius 3 is 2.60 bits per heavy atom. The molecule has 25 heavy (non-hydrogen) atoms. The Labute approximate surface area is 143 Å². The van der Waals surface area contributed by atoms with Gasteiger partial charge >= 0.3 is 6.03 Å². The first kappa shape index (κ1) is 17.3. The van der Waals surface area contributed by atoms with Crippen molar-refractivity contribution >= 4 is 17.8 Å². The van der Waals surface area contributed by atoms with Crippen LogP contribution in [0.1, 0.15) is 44.2 Å². The molecule has 1 heterocycles. The predicted molar refractivity (Wildman–Crippen MR) is 84.4 cm³/mol. The molecule has 4 amide bonds. The summed E-state index contributed by atoms with van der Waals surface area (Å²) in [5, 5.41) is 5.29. The summed E-state index contributed by atoms with van der Waals surface area (Å²) >= 11 is 0. The molecule has 134 valence electrons. The van der Waals surface area contributed by atoms with Crippen molar-refractivity contribution in [1.82, 2.24) is 15.5 Å². The van der Waals surface area contributed by atoms with Crippen molar-refractivity contribution in [3.63, 3.8) is 0 Å². The van der Waals surface area contributed by atoms with Crippen LogP contribution in [0, 0.1) is 11.6 Å². The number of rotatable bonds is 4. The Hall–Kier alpha value is -2.51. The molecule has 1 aliphatic carbocycles. The summed E-state index contributed by atoms with van der Waals surface area (Å²) in [6.07, 6.45) is 2.89. The SMILES string of the molecule is CC(NC(=O)CN1C(=O)NC2(CCCC2)C1=O)c1ccc(F)c(F)c1. The molecule has 0 radical (unpaired) electrons. The van der Waals surface area contributed by atoms with Crippen LogP contribution in [0.3, 0.4) is 0 Å². The maximum absolute atomic E-state index is 13.3. The van der Waals surface area contributed by atoms with E-state index in [9.17, 15) is 23.2 Å². The molecule has 1 saturated heterocycles. The van der Waals surface area contributed by atoms with Gasteiger partial charge < -0.3 is 10.6 Å². The molecule has 2 fully saturated rings.